The third kappa shape index (κ3) is 4.44. The van der Waals surface area contributed by atoms with Crippen molar-refractivity contribution < 1.29 is 9.23 Å². The number of nitrogens with one attached hydrogen (secondary N) is 1. The quantitative estimate of drug-likeness (QED) is 0.341. The van der Waals surface area contributed by atoms with Crippen LogP contribution < -0.4 is 10.5 Å². The van der Waals surface area contributed by atoms with Gasteiger partial charge in [0, 0.05) is 22.3 Å². The lowest BCUT2D eigenvalue weighted by Crippen LogP contribution is -2.26. The highest BCUT2D eigenvalue weighted by molar-refractivity contribution is 7.99. The van der Waals surface area contributed by atoms with Crippen LogP contribution in [0.4, 0.5) is 4.39 Å². The maximum absolute atomic E-state index is 13.9. The molecule has 0 amide bonds. The van der Waals surface area contributed by atoms with Gasteiger partial charge >= 0.3 is 5.69 Å². The van der Waals surface area contributed by atoms with Crippen LogP contribution in [0.3, 0.4) is 0 Å². The average Bonchev–Trinajstić information content (AvgIpc) is 3.31. The molecule has 2 atom stereocenters. The summed E-state index contributed by atoms with van der Waals surface area (Å²) in [6, 6.07) is 6.53. The molecular formula is C23H22Cl2FN5O2S. The van der Waals surface area contributed by atoms with Gasteiger partial charge in [0.25, 0.3) is 0 Å². The number of hydrogen-bond acceptors (Lipinski definition) is 5. The summed E-state index contributed by atoms with van der Waals surface area (Å²) in [6.07, 6.45) is 6.43. The zero-order valence-electron chi connectivity index (χ0n) is 18.3. The molecule has 1 fully saturated rings. The van der Waals surface area contributed by atoms with Crippen LogP contribution in [-0.2, 0) is 0 Å². The predicted molar refractivity (Wildman–Crippen MR) is 133 cm³/mol. The minimum Gasteiger partial charge on any atom is -0.401 e. The number of benzene rings is 1. The highest BCUT2D eigenvalue weighted by Gasteiger charge is 2.22. The third-order valence-electron chi connectivity index (χ3n) is 5.94. The van der Waals surface area contributed by atoms with Gasteiger partial charge in [0.1, 0.15) is 11.3 Å². The van der Waals surface area contributed by atoms with Gasteiger partial charge in [0.15, 0.2) is 11.8 Å². The number of H-pyrrole nitrogens is 1. The van der Waals surface area contributed by atoms with Gasteiger partial charge in [0.05, 0.1) is 23.0 Å². The molecule has 1 aliphatic rings. The first kappa shape index (κ1) is 23.3. The third-order valence-corrected chi connectivity index (χ3v) is 7.76. The topological polar surface area (TPSA) is 77.7 Å². The van der Waals surface area contributed by atoms with Crippen molar-refractivity contribution in [2.75, 3.05) is 11.5 Å². The molecule has 178 valence electrons. The van der Waals surface area contributed by atoms with Crippen LogP contribution in [0.25, 0.3) is 22.4 Å². The molecule has 1 saturated heterocycles. The molecule has 2 unspecified atom stereocenters. The molecule has 4 aromatic rings. The first-order valence-corrected chi connectivity index (χ1v) is 12.9. The number of nitrogens with zero attached hydrogens (tertiary/aromatic N) is 4. The van der Waals surface area contributed by atoms with E-state index < -0.39 is 17.6 Å². The molecule has 0 spiro atoms. The van der Waals surface area contributed by atoms with Crippen molar-refractivity contribution in [3.05, 3.63) is 68.6 Å². The highest BCUT2D eigenvalue weighted by Crippen LogP contribution is 2.33. The molecule has 1 N–H and O–H groups in total. The summed E-state index contributed by atoms with van der Waals surface area (Å²) in [7, 11) is 0. The van der Waals surface area contributed by atoms with Crippen LogP contribution >= 0.6 is 35.0 Å². The summed E-state index contributed by atoms with van der Waals surface area (Å²) < 4.78 is 17.0. The highest BCUT2D eigenvalue weighted by atomic mass is 35.5. The number of hydrogen-bond donors (Lipinski definition) is 1. The normalized spacial score (nSPS) is 17.6. The monoisotopic (exact) mass is 521 g/mol. The molecule has 1 aliphatic heterocycles. The Kier molecular flexibility index (Phi) is 6.59. The summed E-state index contributed by atoms with van der Waals surface area (Å²) in [6.45, 7) is 1.64. The maximum atomic E-state index is 13.9. The van der Waals surface area contributed by atoms with Crippen LogP contribution in [0, 0.1) is 5.82 Å². The zero-order chi connectivity index (χ0) is 23.8. The van der Waals surface area contributed by atoms with Gasteiger partial charge in [0.2, 0.25) is 0 Å². The van der Waals surface area contributed by atoms with Crippen molar-refractivity contribution in [1.82, 2.24) is 24.5 Å². The Bertz CT molecular complexity index is 1390. The van der Waals surface area contributed by atoms with E-state index in [1.807, 2.05) is 28.7 Å². The van der Waals surface area contributed by atoms with Crippen LogP contribution in [0.5, 0.6) is 0 Å². The molecule has 0 aliphatic carbocycles. The largest absolute Gasteiger partial charge is 0.401 e. The van der Waals surface area contributed by atoms with Gasteiger partial charge in [-0.05, 0) is 62.0 Å². The smallest absolute Gasteiger partial charge is 0.360 e. The SMILES string of the molecule is CC(On1c(=O)[nH]c2nc(-c3cnn(C4CCCSCC4)c3)ccc21)c1c(Cl)ccc(F)c1Cl. The summed E-state index contributed by atoms with van der Waals surface area (Å²) in [4.78, 5) is 25.8. The summed E-state index contributed by atoms with van der Waals surface area (Å²) in [5, 5.41) is 4.67. The van der Waals surface area contributed by atoms with Crippen LogP contribution in [0.2, 0.25) is 10.0 Å². The Balaban J connectivity index is 1.42. The number of halogens is 3. The van der Waals surface area contributed by atoms with E-state index in [9.17, 15) is 9.18 Å². The fraction of sp³-hybridized carbons (Fsp3) is 0.348. The molecule has 3 aromatic heterocycles. The Morgan fingerprint density at radius 2 is 2.09 bits per heavy atom. The van der Waals surface area contributed by atoms with Crippen molar-refractivity contribution in [1.29, 1.82) is 0 Å². The first-order chi connectivity index (χ1) is 16.4. The Hall–Kier alpha value is -2.49. The molecule has 0 radical (unpaired) electrons. The van der Waals surface area contributed by atoms with Crippen LogP contribution in [0.1, 0.15) is 43.9 Å². The van der Waals surface area contributed by atoms with E-state index in [1.54, 1.807) is 19.2 Å². The van der Waals surface area contributed by atoms with Crippen molar-refractivity contribution in [3.63, 3.8) is 0 Å². The van der Waals surface area contributed by atoms with Crippen molar-refractivity contribution in [3.8, 4) is 11.3 Å². The van der Waals surface area contributed by atoms with Crippen LogP contribution in [-0.4, -0.2) is 36.0 Å². The molecule has 11 heteroatoms. The van der Waals surface area contributed by atoms with E-state index in [1.165, 1.54) is 24.3 Å². The maximum Gasteiger partial charge on any atom is 0.360 e. The number of fused-ring (bicyclic) bond motifs is 1. The summed E-state index contributed by atoms with van der Waals surface area (Å²) >= 11 is 14.3. The fourth-order valence-electron chi connectivity index (χ4n) is 4.18. The number of imidazole rings is 1. The molecule has 34 heavy (non-hydrogen) atoms. The summed E-state index contributed by atoms with van der Waals surface area (Å²) in [5.41, 5.74) is 2.13. The molecule has 7 nitrogen and oxygen atoms in total. The second kappa shape index (κ2) is 9.64. The number of thioether (sulfide) groups is 1. The molecule has 0 saturated carbocycles. The van der Waals surface area contributed by atoms with Crippen molar-refractivity contribution in [2.24, 2.45) is 0 Å². The van der Waals surface area contributed by atoms with E-state index in [0.717, 1.165) is 28.9 Å². The number of aromatic nitrogens is 5. The van der Waals surface area contributed by atoms with E-state index in [2.05, 4.69) is 15.1 Å². The second-order valence-corrected chi connectivity index (χ2v) is 10.2. The molecular weight excluding hydrogens is 500 g/mol. The Morgan fingerprint density at radius 1 is 1.24 bits per heavy atom. The van der Waals surface area contributed by atoms with Gasteiger partial charge in [-0.1, -0.05) is 23.2 Å². The molecule has 5 rings (SSSR count). The second-order valence-electron chi connectivity index (χ2n) is 8.20. The molecule has 0 bridgehead atoms. The minimum atomic E-state index is -0.789. The standard InChI is InChI=1S/C23H22Cl2FN5O2S/c1-13(20-16(24)4-5-17(26)21(20)25)33-31-19-7-6-18(28-22(19)29-23(31)32)14-11-27-30(12-14)15-3-2-9-34-10-8-15/h4-7,11-13,15H,2-3,8-10H2,1H3,(H,28,29,32). The van der Waals surface area contributed by atoms with Crippen LogP contribution in [0.15, 0.2) is 41.5 Å². The predicted octanol–water partition coefficient (Wildman–Crippen LogP) is 5.68. The number of rotatable bonds is 5. The van der Waals surface area contributed by atoms with Gasteiger partial charge in [-0.15, -0.1) is 4.73 Å². The molecule has 1 aromatic carbocycles. The first-order valence-electron chi connectivity index (χ1n) is 11.0. The molecule has 4 heterocycles. The van der Waals surface area contributed by atoms with Gasteiger partial charge in [-0.25, -0.2) is 14.2 Å². The van der Waals surface area contributed by atoms with E-state index in [-0.39, 0.29) is 15.6 Å². The lowest BCUT2D eigenvalue weighted by molar-refractivity contribution is 0.0492. The lowest BCUT2D eigenvalue weighted by Gasteiger charge is -2.17. The number of aromatic amines is 1. The zero-order valence-corrected chi connectivity index (χ0v) is 20.6. The lowest BCUT2D eigenvalue weighted by atomic mass is 10.1. The number of pyridine rings is 1. The summed E-state index contributed by atoms with van der Waals surface area (Å²) in [5.74, 6) is 1.73. The fourth-order valence-corrected chi connectivity index (χ4v) is 5.87. The van der Waals surface area contributed by atoms with E-state index in [4.69, 9.17) is 28.0 Å². The van der Waals surface area contributed by atoms with Crippen molar-refractivity contribution in [2.45, 2.75) is 38.3 Å². The van der Waals surface area contributed by atoms with Crippen molar-refractivity contribution >= 4 is 46.1 Å². The Morgan fingerprint density at radius 3 is 2.94 bits per heavy atom. The van der Waals surface area contributed by atoms with E-state index >= 15 is 0 Å². The van der Waals surface area contributed by atoms with Gasteiger partial charge in [-0.3, -0.25) is 9.67 Å². The minimum absolute atomic E-state index is 0.141. The van der Waals surface area contributed by atoms with E-state index in [0.29, 0.717) is 22.9 Å². The average molecular weight is 522 g/mol. The Labute approximate surface area is 209 Å². The van der Waals surface area contributed by atoms with Gasteiger partial charge < -0.3 is 4.84 Å². The van der Waals surface area contributed by atoms with Gasteiger partial charge in [-0.2, -0.15) is 16.9 Å².